The maximum absolute atomic E-state index is 5.55. The Bertz CT molecular complexity index is 305. The molecule has 0 N–H and O–H groups in total. The van der Waals surface area contributed by atoms with E-state index in [1.807, 2.05) is 31.2 Å². The lowest BCUT2D eigenvalue weighted by Crippen LogP contribution is -2.14. The average Bonchev–Trinajstić information content (AvgIpc) is 2.31. The van der Waals surface area contributed by atoms with Crippen molar-refractivity contribution in [3.63, 3.8) is 0 Å². The highest BCUT2D eigenvalue weighted by atomic mass is 17.2. The van der Waals surface area contributed by atoms with Crippen molar-refractivity contribution in [2.45, 2.75) is 25.9 Å². The fourth-order valence-corrected chi connectivity index (χ4v) is 1.75. The Morgan fingerprint density at radius 1 is 1.40 bits per heavy atom. The van der Waals surface area contributed by atoms with Gasteiger partial charge in [-0.3, -0.25) is 0 Å². The van der Waals surface area contributed by atoms with Crippen molar-refractivity contribution >= 4 is 0 Å². The molecule has 3 heteroatoms. The molecule has 1 atom stereocenters. The zero-order chi connectivity index (χ0) is 10.5. The first-order valence-corrected chi connectivity index (χ1v) is 5.42. The number of hydrogen-bond acceptors (Lipinski definition) is 3. The minimum atomic E-state index is 0.0153. The van der Waals surface area contributed by atoms with E-state index in [-0.39, 0.29) is 6.10 Å². The third-order valence-electron chi connectivity index (χ3n) is 2.44. The fraction of sp³-hybridized carbons (Fsp3) is 0.500. The van der Waals surface area contributed by atoms with Gasteiger partial charge in [0.25, 0.3) is 0 Å². The lowest BCUT2D eigenvalue weighted by atomic mass is 10.0. The predicted octanol–water partition coefficient (Wildman–Crippen LogP) is 2.87. The number of para-hydroxylation sites is 1. The predicted molar refractivity (Wildman–Crippen MR) is 56.6 cm³/mol. The second kappa shape index (κ2) is 5.14. The second-order valence-corrected chi connectivity index (χ2v) is 3.52. The van der Waals surface area contributed by atoms with Crippen LogP contribution < -0.4 is 4.74 Å². The van der Waals surface area contributed by atoms with Gasteiger partial charge in [0.1, 0.15) is 11.9 Å². The topological polar surface area (TPSA) is 27.7 Å². The van der Waals surface area contributed by atoms with Crippen molar-refractivity contribution in [1.29, 1.82) is 0 Å². The Morgan fingerprint density at radius 2 is 2.27 bits per heavy atom. The summed E-state index contributed by atoms with van der Waals surface area (Å²) in [7, 11) is 0. The largest absolute Gasteiger partial charge is 0.493 e. The van der Waals surface area contributed by atoms with E-state index < -0.39 is 0 Å². The number of ether oxygens (including phenoxy) is 1. The fourth-order valence-electron chi connectivity index (χ4n) is 1.75. The van der Waals surface area contributed by atoms with Gasteiger partial charge in [-0.2, -0.15) is 0 Å². The van der Waals surface area contributed by atoms with Crippen LogP contribution >= 0.6 is 0 Å². The van der Waals surface area contributed by atoms with Crippen LogP contribution in [0.3, 0.4) is 0 Å². The first kappa shape index (κ1) is 10.5. The summed E-state index contributed by atoms with van der Waals surface area (Å²) >= 11 is 0. The summed E-state index contributed by atoms with van der Waals surface area (Å²) in [4.78, 5) is 10.3. The molecule has 15 heavy (non-hydrogen) atoms. The van der Waals surface area contributed by atoms with Crippen LogP contribution in [-0.4, -0.2) is 13.2 Å². The Labute approximate surface area is 89.9 Å². The van der Waals surface area contributed by atoms with Crippen LogP contribution in [0.2, 0.25) is 0 Å². The molecule has 0 aromatic heterocycles. The van der Waals surface area contributed by atoms with Crippen LogP contribution in [0.5, 0.6) is 5.75 Å². The summed E-state index contributed by atoms with van der Waals surface area (Å²) < 4.78 is 5.55. The molecule has 3 nitrogen and oxygen atoms in total. The molecule has 1 unspecified atom stereocenters. The molecule has 0 bridgehead atoms. The van der Waals surface area contributed by atoms with Crippen LogP contribution in [0.4, 0.5) is 0 Å². The van der Waals surface area contributed by atoms with Gasteiger partial charge in [-0.25, -0.2) is 9.78 Å². The molecule has 0 radical (unpaired) electrons. The molecule has 1 saturated heterocycles. The summed E-state index contributed by atoms with van der Waals surface area (Å²) in [5, 5.41) is 0. The lowest BCUT2D eigenvalue weighted by molar-refractivity contribution is -0.348. The normalized spacial score (nSPS) is 21.3. The van der Waals surface area contributed by atoms with E-state index in [9.17, 15) is 0 Å². The molecule has 0 spiro atoms. The first-order valence-electron chi connectivity index (χ1n) is 5.42. The SMILES string of the molecule is CCOc1ccccc1C1CCCOO1. The summed E-state index contributed by atoms with van der Waals surface area (Å²) in [5.74, 6) is 0.899. The van der Waals surface area contributed by atoms with Crippen molar-refractivity contribution in [3.05, 3.63) is 29.8 Å². The van der Waals surface area contributed by atoms with Gasteiger partial charge in [0.05, 0.1) is 13.2 Å². The molecule has 1 heterocycles. The Balaban J connectivity index is 2.17. The van der Waals surface area contributed by atoms with Crippen LogP contribution in [0.1, 0.15) is 31.4 Å². The van der Waals surface area contributed by atoms with Crippen molar-refractivity contribution < 1.29 is 14.5 Å². The summed E-state index contributed by atoms with van der Waals surface area (Å²) in [6.45, 7) is 3.34. The molecule has 1 fully saturated rings. The molecule has 82 valence electrons. The zero-order valence-corrected chi connectivity index (χ0v) is 8.94. The Hall–Kier alpha value is -1.06. The standard InChI is InChI=1S/C12H16O3/c1-2-13-11-7-4-3-6-10(11)12-8-5-9-14-15-12/h3-4,6-7,12H,2,5,8-9H2,1H3. The highest BCUT2D eigenvalue weighted by Gasteiger charge is 2.20. The maximum Gasteiger partial charge on any atom is 0.125 e. The zero-order valence-electron chi connectivity index (χ0n) is 8.94. The molecule has 1 aromatic rings. The van der Waals surface area contributed by atoms with E-state index in [0.29, 0.717) is 13.2 Å². The van der Waals surface area contributed by atoms with Crippen molar-refractivity contribution in [2.75, 3.05) is 13.2 Å². The summed E-state index contributed by atoms with van der Waals surface area (Å²) in [6.07, 6.45) is 2.04. The van der Waals surface area contributed by atoms with Gasteiger partial charge in [0.15, 0.2) is 0 Å². The van der Waals surface area contributed by atoms with E-state index >= 15 is 0 Å². The molecular formula is C12H16O3. The maximum atomic E-state index is 5.55. The van der Waals surface area contributed by atoms with Gasteiger partial charge in [0, 0.05) is 5.56 Å². The molecule has 0 aliphatic carbocycles. The lowest BCUT2D eigenvalue weighted by Gasteiger charge is -2.23. The quantitative estimate of drug-likeness (QED) is 0.715. The summed E-state index contributed by atoms with van der Waals surface area (Å²) in [5.41, 5.74) is 1.08. The van der Waals surface area contributed by atoms with Crippen molar-refractivity contribution in [3.8, 4) is 5.75 Å². The Kier molecular flexibility index (Phi) is 3.59. The van der Waals surface area contributed by atoms with Gasteiger partial charge in [0.2, 0.25) is 0 Å². The summed E-state index contributed by atoms with van der Waals surface area (Å²) in [6, 6.07) is 7.97. The smallest absolute Gasteiger partial charge is 0.125 e. The van der Waals surface area contributed by atoms with Crippen LogP contribution in [0.25, 0.3) is 0 Å². The van der Waals surface area contributed by atoms with E-state index in [1.165, 1.54) is 0 Å². The van der Waals surface area contributed by atoms with Crippen molar-refractivity contribution in [1.82, 2.24) is 0 Å². The minimum absolute atomic E-state index is 0.0153. The number of rotatable bonds is 3. The van der Waals surface area contributed by atoms with Gasteiger partial charge in [-0.05, 0) is 25.8 Å². The molecular weight excluding hydrogens is 192 g/mol. The first-order chi connectivity index (χ1) is 7.42. The number of benzene rings is 1. The van der Waals surface area contributed by atoms with Gasteiger partial charge < -0.3 is 4.74 Å². The third-order valence-corrected chi connectivity index (χ3v) is 2.44. The highest BCUT2D eigenvalue weighted by molar-refractivity contribution is 5.35. The minimum Gasteiger partial charge on any atom is -0.493 e. The molecule has 2 rings (SSSR count). The number of hydrogen-bond donors (Lipinski definition) is 0. The molecule has 1 aliphatic heterocycles. The van der Waals surface area contributed by atoms with Gasteiger partial charge in [-0.1, -0.05) is 18.2 Å². The monoisotopic (exact) mass is 208 g/mol. The van der Waals surface area contributed by atoms with Crippen LogP contribution in [0.15, 0.2) is 24.3 Å². The van der Waals surface area contributed by atoms with E-state index in [2.05, 4.69) is 0 Å². The van der Waals surface area contributed by atoms with Gasteiger partial charge >= 0.3 is 0 Å². The van der Waals surface area contributed by atoms with Gasteiger partial charge in [-0.15, -0.1) is 0 Å². The molecule has 1 aliphatic rings. The average molecular weight is 208 g/mol. The Morgan fingerprint density at radius 3 is 3.00 bits per heavy atom. The molecule has 0 saturated carbocycles. The van der Waals surface area contributed by atoms with E-state index in [0.717, 1.165) is 24.2 Å². The molecule has 0 amide bonds. The van der Waals surface area contributed by atoms with Crippen LogP contribution in [0, 0.1) is 0 Å². The van der Waals surface area contributed by atoms with E-state index in [1.54, 1.807) is 0 Å². The van der Waals surface area contributed by atoms with Crippen molar-refractivity contribution in [2.24, 2.45) is 0 Å². The third kappa shape index (κ3) is 2.49. The highest BCUT2D eigenvalue weighted by Crippen LogP contribution is 2.33. The van der Waals surface area contributed by atoms with E-state index in [4.69, 9.17) is 14.5 Å². The molecule has 1 aromatic carbocycles. The van der Waals surface area contributed by atoms with Crippen LogP contribution in [-0.2, 0) is 9.78 Å². The second-order valence-electron chi connectivity index (χ2n) is 3.52.